The van der Waals surface area contributed by atoms with E-state index in [0.29, 0.717) is 5.69 Å². The zero-order valence-corrected chi connectivity index (χ0v) is 14.9. The van der Waals surface area contributed by atoms with Gasteiger partial charge in [-0.1, -0.05) is 0 Å². The summed E-state index contributed by atoms with van der Waals surface area (Å²) in [5.41, 5.74) is 3.20. The van der Waals surface area contributed by atoms with E-state index in [9.17, 15) is 17.6 Å². The maximum atomic E-state index is 14.1. The molecule has 0 atom stereocenters. The molecule has 0 aliphatic carbocycles. The number of nitriles is 1. The number of nitrogens with zero attached hydrogens (tertiary/aromatic N) is 4. The molecular formula is C19H11F4N5O2. The monoisotopic (exact) mass is 417 g/mol. The lowest BCUT2D eigenvalue weighted by Gasteiger charge is -2.03. The van der Waals surface area contributed by atoms with E-state index in [2.05, 4.69) is 15.1 Å². The van der Waals surface area contributed by atoms with Crippen molar-refractivity contribution in [1.82, 2.24) is 19.7 Å². The van der Waals surface area contributed by atoms with Crippen LogP contribution in [-0.4, -0.2) is 37.0 Å². The molecule has 0 fully saturated rings. The predicted octanol–water partition coefficient (Wildman–Crippen LogP) is 4.06. The Morgan fingerprint density at radius 1 is 1.23 bits per heavy atom. The Morgan fingerprint density at radius 3 is 2.60 bits per heavy atom. The van der Waals surface area contributed by atoms with Gasteiger partial charge in [0.15, 0.2) is 0 Å². The van der Waals surface area contributed by atoms with Gasteiger partial charge in [0.2, 0.25) is 0 Å². The van der Waals surface area contributed by atoms with E-state index < -0.39 is 18.0 Å². The number of halogens is 4. The third-order valence-electron chi connectivity index (χ3n) is 3.92. The number of alkyl halides is 3. The number of H-pyrrole nitrogens is 1. The third kappa shape index (κ3) is 4.27. The number of carbonyl (C=O) groups is 1. The fourth-order valence-corrected chi connectivity index (χ4v) is 2.57. The number of pyridine rings is 1. The van der Waals surface area contributed by atoms with Crippen LogP contribution in [-0.2, 0) is 4.79 Å². The highest BCUT2D eigenvalue weighted by molar-refractivity contribution is 5.92. The molecule has 4 aromatic rings. The summed E-state index contributed by atoms with van der Waals surface area (Å²) in [7, 11) is 0. The van der Waals surface area contributed by atoms with Gasteiger partial charge in [0.25, 0.3) is 0 Å². The molecule has 0 saturated carbocycles. The molecule has 0 radical (unpaired) electrons. The molecule has 4 rings (SSSR count). The smallest absolute Gasteiger partial charge is 0.475 e. The lowest BCUT2D eigenvalue weighted by molar-refractivity contribution is -0.192. The van der Waals surface area contributed by atoms with E-state index in [4.69, 9.17) is 15.2 Å². The number of hydrogen-bond acceptors (Lipinski definition) is 4. The van der Waals surface area contributed by atoms with Crippen molar-refractivity contribution in [2.24, 2.45) is 0 Å². The van der Waals surface area contributed by atoms with Crippen molar-refractivity contribution >= 4 is 17.0 Å². The number of aromatic amines is 1. The molecule has 0 aliphatic rings. The number of fused-ring (bicyclic) bond motifs is 1. The van der Waals surface area contributed by atoms with Crippen molar-refractivity contribution in [3.63, 3.8) is 0 Å². The minimum absolute atomic E-state index is 0.279. The van der Waals surface area contributed by atoms with Crippen LogP contribution in [0.5, 0.6) is 0 Å². The lowest BCUT2D eigenvalue weighted by Crippen LogP contribution is -2.21. The maximum absolute atomic E-state index is 14.1. The number of rotatable bonds is 2. The van der Waals surface area contributed by atoms with Crippen molar-refractivity contribution < 1.29 is 27.5 Å². The van der Waals surface area contributed by atoms with Crippen LogP contribution in [0.3, 0.4) is 0 Å². The van der Waals surface area contributed by atoms with Crippen LogP contribution in [0.4, 0.5) is 17.6 Å². The van der Waals surface area contributed by atoms with Crippen molar-refractivity contribution in [3.8, 4) is 22.9 Å². The van der Waals surface area contributed by atoms with E-state index in [0.717, 1.165) is 22.2 Å². The molecule has 0 bridgehead atoms. The van der Waals surface area contributed by atoms with Crippen LogP contribution in [0, 0.1) is 17.1 Å². The molecule has 3 aromatic heterocycles. The van der Waals surface area contributed by atoms with Crippen LogP contribution < -0.4 is 0 Å². The summed E-state index contributed by atoms with van der Waals surface area (Å²) in [5.74, 6) is -3.24. The van der Waals surface area contributed by atoms with Crippen molar-refractivity contribution in [2.45, 2.75) is 6.18 Å². The molecule has 7 nitrogen and oxygen atoms in total. The predicted molar refractivity (Wildman–Crippen MR) is 97.0 cm³/mol. The first-order valence-corrected chi connectivity index (χ1v) is 8.18. The zero-order chi connectivity index (χ0) is 21.9. The summed E-state index contributed by atoms with van der Waals surface area (Å²) < 4.78 is 47.3. The molecule has 3 heterocycles. The van der Waals surface area contributed by atoms with Gasteiger partial charge in [0.1, 0.15) is 17.2 Å². The first-order valence-electron chi connectivity index (χ1n) is 8.18. The first-order chi connectivity index (χ1) is 14.2. The third-order valence-corrected chi connectivity index (χ3v) is 3.92. The quantitative estimate of drug-likeness (QED) is 0.478. The highest BCUT2D eigenvalue weighted by Gasteiger charge is 2.38. The van der Waals surface area contributed by atoms with Gasteiger partial charge in [-0.25, -0.2) is 18.9 Å². The molecule has 1 aromatic carbocycles. The minimum atomic E-state index is -5.08. The minimum Gasteiger partial charge on any atom is -0.475 e. The van der Waals surface area contributed by atoms with Crippen LogP contribution in [0.1, 0.15) is 5.56 Å². The normalized spacial score (nSPS) is 10.9. The van der Waals surface area contributed by atoms with E-state index in [-0.39, 0.29) is 5.56 Å². The summed E-state index contributed by atoms with van der Waals surface area (Å²) in [5, 5.41) is 21.1. The van der Waals surface area contributed by atoms with Gasteiger partial charge in [-0.05, 0) is 35.9 Å². The highest BCUT2D eigenvalue weighted by atomic mass is 19.4. The molecule has 11 heteroatoms. The molecule has 0 aliphatic heterocycles. The Morgan fingerprint density at radius 2 is 1.97 bits per heavy atom. The maximum Gasteiger partial charge on any atom is 0.490 e. The van der Waals surface area contributed by atoms with Gasteiger partial charge in [-0.3, -0.25) is 0 Å². The Labute approximate surface area is 165 Å². The van der Waals surface area contributed by atoms with Gasteiger partial charge in [-0.15, -0.1) is 0 Å². The standard InChI is InChI=1S/C17H10FN5.C2HF3O2/c18-15-7-11(8-19)1-2-16(15)23-10-12(9-22-23)13-3-5-20-17-14(13)4-6-21-17;3-2(4,5)1(6)7/h1-7,9-10H,(H,20,21);(H,6,7). The molecule has 0 spiro atoms. The molecule has 152 valence electrons. The van der Waals surface area contributed by atoms with Gasteiger partial charge < -0.3 is 10.1 Å². The molecule has 0 saturated heterocycles. The van der Waals surface area contributed by atoms with Crippen molar-refractivity contribution in [3.05, 3.63) is 66.5 Å². The molecular weight excluding hydrogens is 406 g/mol. The van der Waals surface area contributed by atoms with Crippen LogP contribution in [0.25, 0.3) is 27.8 Å². The Hall–Kier alpha value is -4.20. The number of aliphatic carboxylic acids is 1. The molecule has 30 heavy (non-hydrogen) atoms. The number of hydrogen-bond donors (Lipinski definition) is 2. The largest absolute Gasteiger partial charge is 0.490 e. The van der Waals surface area contributed by atoms with Gasteiger partial charge in [-0.2, -0.15) is 23.5 Å². The molecule has 0 amide bonds. The van der Waals surface area contributed by atoms with Gasteiger partial charge in [0.05, 0.1) is 17.8 Å². The van der Waals surface area contributed by atoms with Crippen molar-refractivity contribution in [2.75, 3.05) is 0 Å². The van der Waals surface area contributed by atoms with E-state index in [1.54, 1.807) is 30.7 Å². The summed E-state index contributed by atoms with van der Waals surface area (Å²) in [4.78, 5) is 16.2. The average molecular weight is 417 g/mol. The fraction of sp³-hybridized carbons (Fsp3) is 0.0526. The Balaban J connectivity index is 0.000000318. The zero-order valence-electron chi connectivity index (χ0n) is 14.9. The van der Waals surface area contributed by atoms with E-state index >= 15 is 0 Å². The summed E-state index contributed by atoms with van der Waals surface area (Å²) in [6.07, 6.45) is 1.89. The number of carboxylic acid groups (broad SMARTS) is 1. The SMILES string of the molecule is N#Cc1ccc(-n2cc(-c3ccnc4[nH]ccc34)cn2)c(F)c1.O=C(O)C(F)(F)F. The summed E-state index contributed by atoms with van der Waals surface area (Å²) in [6, 6.07) is 10.1. The second kappa shape index (κ2) is 8.04. The van der Waals surface area contributed by atoms with Crippen molar-refractivity contribution in [1.29, 1.82) is 5.26 Å². The summed E-state index contributed by atoms with van der Waals surface area (Å²) in [6.45, 7) is 0. The van der Waals surface area contributed by atoms with E-state index in [1.165, 1.54) is 10.7 Å². The van der Waals surface area contributed by atoms with Crippen LogP contribution in [0.2, 0.25) is 0 Å². The molecule has 0 unspecified atom stereocenters. The second-order valence-electron chi connectivity index (χ2n) is 5.85. The van der Waals surface area contributed by atoms with Crippen LogP contribution >= 0.6 is 0 Å². The van der Waals surface area contributed by atoms with E-state index in [1.807, 2.05) is 24.4 Å². The summed E-state index contributed by atoms with van der Waals surface area (Å²) >= 11 is 0. The fourth-order valence-electron chi connectivity index (χ4n) is 2.57. The van der Waals surface area contributed by atoms with Gasteiger partial charge in [0, 0.05) is 29.5 Å². The van der Waals surface area contributed by atoms with Crippen LogP contribution in [0.15, 0.2) is 55.1 Å². The number of carboxylic acids is 1. The number of nitrogens with one attached hydrogen (secondary N) is 1. The topological polar surface area (TPSA) is 108 Å². The first kappa shape index (κ1) is 20.5. The number of aromatic nitrogens is 4. The number of benzene rings is 1. The van der Waals surface area contributed by atoms with Gasteiger partial charge >= 0.3 is 12.1 Å². The Kier molecular flexibility index (Phi) is 5.50. The highest BCUT2D eigenvalue weighted by Crippen LogP contribution is 2.27. The Bertz CT molecular complexity index is 1250. The lowest BCUT2D eigenvalue weighted by atomic mass is 10.1. The second-order valence-corrected chi connectivity index (χ2v) is 5.85. The molecule has 2 N–H and O–H groups in total. The average Bonchev–Trinajstić information content (AvgIpc) is 3.37.